The van der Waals surface area contributed by atoms with Crippen LogP contribution < -0.4 is 10.4 Å². The largest absolute Gasteiger partial charge is 0.309 e. The normalized spacial score (nSPS) is 13.2. The maximum atomic E-state index is 2.51. The molecule has 0 spiro atoms. The van der Waals surface area contributed by atoms with Gasteiger partial charge in [-0.2, -0.15) is 0 Å². The molecule has 8 aromatic rings. The summed E-state index contributed by atoms with van der Waals surface area (Å²) < 4.78 is 2.48. The van der Waals surface area contributed by atoms with E-state index in [-0.39, 0.29) is 0 Å². The fraction of sp³-hybridized carbons (Fsp3) is 0.0455. The second-order valence-electron chi connectivity index (χ2n) is 13.0. The Balaban J connectivity index is 1.24. The Morgan fingerprint density at radius 3 is 1.28 bits per heavy atom. The van der Waals surface area contributed by atoms with Gasteiger partial charge in [0.1, 0.15) is 8.07 Å². The zero-order valence-electron chi connectivity index (χ0n) is 26.0. The van der Waals surface area contributed by atoms with Crippen LogP contribution in [0.3, 0.4) is 0 Å². The third-order valence-corrected chi connectivity index (χ3v) is 13.5. The van der Waals surface area contributed by atoms with E-state index < -0.39 is 8.07 Å². The molecule has 9 rings (SSSR count). The molecule has 0 radical (unpaired) electrons. The number of fused-ring (bicyclic) bond motifs is 6. The summed E-state index contributed by atoms with van der Waals surface area (Å²) in [4.78, 5) is 0. The molecule has 46 heavy (non-hydrogen) atoms. The molecule has 0 bridgehead atoms. The van der Waals surface area contributed by atoms with Crippen LogP contribution in [-0.2, 0) is 0 Å². The zero-order valence-corrected chi connectivity index (χ0v) is 27.0. The number of aromatic nitrogens is 1. The summed E-state index contributed by atoms with van der Waals surface area (Å²) in [7, 11) is -1.94. The first-order chi connectivity index (χ1) is 22.6. The van der Waals surface area contributed by atoms with Gasteiger partial charge in [-0.1, -0.05) is 140 Å². The van der Waals surface area contributed by atoms with Gasteiger partial charge in [0, 0.05) is 16.5 Å². The lowest BCUT2D eigenvalue weighted by atomic mass is 10.0. The van der Waals surface area contributed by atoms with Crippen molar-refractivity contribution in [1.29, 1.82) is 0 Å². The van der Waals surface area contributed by atoms with Gasteiger partial charge in [0.05, 0.1) is 11.0 Å². The molecular weight excluding hydrogens is 571 g/mol. The highest BCUT2D eigenvalue weighted by Crippen LogP contribution is 2.38. The lowest BCUT2D eigenvalue weighted by Gasteiger charge is -2.20. The van der Waals surface area contributed by atoms with E-state index in [9.17, 15) is 0 Å². The van der Waals surface area contributed by atoms with Crippen LogP contribution >= 0.6 is 0 Å². The molecule has 0 aliphatic carbocycles. The third-order valence-electron chi connectivity index (χ3n) is 10.0. The zero-order chi connectivity index (χ0) is 30.8. The van der Waals surface area contributed by atoms with E-state index in [1.54, 1.807) is 0 Å². The minimum atomic E-state index is -1.94. The number of nitrogens with zero attached hydrogens (tertiary/aromatic N) is 1. The van der Waals surface area contributed by atoms with Gasteiger partial charge in [-0.15, -0.1) is 0 Å². The molecule has 0 saturated carbocycles. The predicted molar refractivity (Wildman–Crippen MR) is 199 cm³/mol. The van der Waals surface area contributed by atoms with Crippen LogP contribution in [0.25, 0.3) is 72.0 Å². The van der Waals surface area contributed by atoms with E-state index >= 15 is 0 Å². The van der Waals surface area contributed by atoms with E-state index in [4.69, 9.17) is 0 Å². The van der Waals surface area contributed by atoms with Gasteiger partial charge in [0.2, 0.25) is 0 Å². The highest BCUT2D eigenvalue weighted by molar-refractivity contribution is 7.03. The quantitative estimate of drug-likeness (QED) is 0.176. The Morgan fingerprint density at radius 1 is 0.370 bits per heavy atom. The molecule has 218 valence electrons. The van der Waals surface area contributed by atoms with Gasteiger partial charge < -0.3 is 4.57 Å². The van der Waals surface area contributed by atoms with Gasteiger partial charge in [-0.05, 0) is 91.3 Å². The third kappa shape index (κ3) is 4.14. The van der Waals surface area contributed by atoms with Crippen LogP contribution in [0, 0.1) is 0 Å². The van der Waals surface area contributed by atoms with Gasteiger partial charge in [0.15, 0.2) is 0 Å². The average molecular weight is 604 g/mol. The van der Waals surface area contributed by atoms with Gasteiger partial charge in [0.25, 0.3) is 0 Å². The standard InChI is InChI=1S/C44H33NSi/c1-46(2)43-28-35(32-16-10-5-11-17-32)18-22-37(43)38-23-21-36(29-44(38)46)45-41-24-19-33(30-12-6-3-7-13-30)26-39(41)40-27-34(20-25-42(40)45)31-14-8-4-9-15-31/h3-29H,1-2H3. The number of rotatable bonds is 4. The molecule has 0 unspecified atom stereocenters. The van der Waals surface area contributed by atoms with Crippen molar-refractivity contribution in [2.45, 2.75) is 13.1 Å². The lowest BCUT2D eigenvalue weighted by Crippen LogP contribution is -2.49. The Hall–Kier alpha value is -5.44. The van der Waals surface area contributed by atoms with Crippen molar-refractivity contribution in [3.8, 4) is 50.2 Å². The molecule has 2 heteroatoms. The molecule has 0 fully saturated rings. The SMILES string of the molecule is C[Si]1(C)c2cc(-c3ccccc3)ccc2-c2ccc(-n3c4ccc(-c5ccccc5)cc4c4cc(-c5ccccc5)ccc43)cc21. The van der Waals surface area contributed by atoms with Gasteiger partial charge in [-0.3, -0.25) is 0 Å². The summed E-state index contributed by atoms with van der Waals surface area (Å²) in [5.41, 5.74) is 14.0. The molecule has 1 aliphatic rings. The summed E-state index contributed by atoms with van der Waals surface area (Å²) in [5.74, 6) is 0. The van der Waals surface area contributed by atoms with Crippen LogP contribution in [0.15, 0.2) is 164 Å². The van der Waals surface area contributed by atoms with Crippen molar-refractivity contribution in [1.82, 2.24) is 4.57 Å². The van der Waals surface area contributed by atoms with Crippen LogP contribution in [0.2, 0.25) is 13.1 Å². The minimum absolute atomic E-state index is 1.23. The summed E-state index contributed by atoms with van der Waals surface area (Å²) in [5, 5.41) is 5.61. The van der Waals surface area contributed by atoms with Crippen LogP contribution in [-0.4, -0.2) is 12.6 Å². The van der Waals surface area contributed by atoms with Crippen molar-refractivity contribution >= 4 is 40.3 Å². The smallest absolute Gasteiger partial charge is 0.113 e. The summed E-state index contributed by atoms with van der Waals surface area (Å²) in [6.07, 6.45) is 0. The number of benzene rings is 7. The van der Waals surface area contributed by atoms with Crippen LogP contribution in [0.5, 0.6) is 0 Å². The molecule has 0 atom stereocenters. The summed E-state index contributed by atoms with van der Waals surface area (Å²) >= 11 is 0. The first-order valence-corrected chi connectivity index (χ1v) is 19.1. The molecular formula is C44H33NSi. The second kappa shape index (κ2) is 10.3. The molecule has 1 aliphatic heterocycles. The maximum absolute atomic E-state index is 2.51. The first-order valence-electron chi connectivity index (χ1n) is 16.1. The van der Waals surface area contributed by atoms with Crippen molar-refractivity contribution in [2.24, 2.45) is 0 Å². The van der Waals surface area contributed by atoms with Gasteiger partial charge in [-0.25, -0.2) is 0 Å². The Kier molecular flexibility index (Phi) is 6.03. The molecule has 0 saturated heterocycles. The van der Waals surface area contributed by atoms with E-state index in [0.717, 1.165) is 0 Å². The van der Waals surface area contributed by atoms with E-state index in [1.807, 2.05) is 0 Å². The lowest BCUT2D eigenvalue weighted by molar-refractivity contribution is 1.18. The summed E-state index contributed by atoms with van der Waals surface area (Å²) in [6.45, 7) is 5.03. The predicted octanol–water partition coefficient (Wildman–Crippen LogP) is 10.6. The minimum Gasteiger partial charge on any atom is -0.309 e. The summed E-state index contributed by atoms with van der Waals surface area (Å²) in [6, 6.07) is 60.5. The highest BCUT2D eigenvalue weighted by Gasteiger charge is 2.38. The molecule has 1 nitrogen and oxygen atoms in total. The monoisotopic (exact) mass is 603 g/mol. The maximum Gasteiger partial charge on any atom is 0.113 e. The van der Waals surface area contributed by atoms with E-state index in [0.29, 0.717) is 0 Å². The van der Waals surface area contributed by atoms with Crippen molar-refractivity contribution in [3.05, 3.63) is 164 Å². The fourth-order valence-corrected chi connectivity index (χ4v) is 10.7. The molecule has 1 aromatic heterocycles. The Bertz CT molecular complexity index is 2320. The fourth-order valence-electron chi connectivity index (χ4n) is 7.60. The van der Waals surface area contributed by atoms with Crippen molar-refractivity contribution in [2.75, 3.05) is 0 Å². The second-order valence-corrected chi connectivity index (χ2v) is 17.3. The highest BCUT2D eigenvalue weighted by atomic mass is 28.3. The topological polar surface area (TPSA) is 4.93 Å². The molecule has 7 aromatic carbocycles. The Morgan fingerprint density at radius 2 is 0.783 bits per heavy atom. The van der Waals surface area contributed by atoms with Gasteiger partial charge >= 0.3 is 0 Å². The average Bonchev–Trinajstić information content (AvgIpc) is 3.56. The molecule has 0 N–H and O–H groups in total. The van der Waals surface area contributed by atoms with Crippen molar-refractivity contribution < 1.29 is 0 Å². The van der Waals surface area contributed by atoms with Crippen molar-refractivity contribution in [3.63, 3.8) is 0 Å². The molecule has 2 heterocycles. The van der Waals surface area contributed by atoms with Crippen LogP contribution in [0.1, 0.15) is 0 Å². The van der Waals surface area contributed by atoms with E-state index in [1.165, 1.54) is 82.4 Å². The van der Waals surface area contributed by atoms with E-state index in [2.05, 4.69) is 181 Å². The Labute approximate surface area is 271 Å². The number of hydrogen-bond donors (Lipinski definition) is 0. The van der Waals surface area contributed by atoms with Crippen LogP contribution in [0.4, 0.5) is 0 Å². The molecule has 0 amide bonds. The first kappa shape index (κ1) is 26.9. The number of hydrogen-bond acceptors (Lipinski definition) is 0.